The van der Waals surface area contributed by atoms with Crippen molar-refractivity contribution in [2.75, 3.05) is 12.0 Å². The number of aliphatic hydroxyl groups is 1. The molecule has 1 heterocycles. The molecule has 0 aromatic heterocycles. The zero-order valence-electron chi connectivity index (χ0n) is 12.7. The van der Waals surface area contributed by atoms with E-state index < -0.39 is 6.10 Å². The van der Waals surface area contributed by atoms with Gasteiger partial charge in [0.25, 0.3) is 5.91 Å². The lowest BCUT2D eigenvalue weighted by Crippen LogP contribution is -2.75. The van der Waals surface area contributed by atoms with E-state index in [1.54, 1.807) is 7.11 Å². The second kappa shape index (κ2) is 5.34. The predicted octanol–water partition coefficient (Wildman–Crippen LogP) is 2.74. The number of hydrogen-bond donors (Lipinski definition) is 1. The van der Waals surface area contributed by atoms with Crippen molar-refractivity contribution in [3.05, 3.63) is 24.3 Å². The van der Waals surface area contributed by atoms with Crippen molar-refractivity contribution < 1.29 is 14.6 Å². The Morgan fingerprint density at radius 1 is 1.29 bits per heavy atom. The van der Waals surface area contributed by atoms with Crippen LogP contribution >= 0.6 is 0 Å². The molecule has 1 N–H and O–H groups in total. The molecule has 1 aliphatic carbocycles. The fraction of sp³-hybridized carbons (Fsp3) is 0.588. The second-order valence-electron chi connectivity index (χ2n) is 6.23. The number of carbonyl (C=O) groups is 1. The van der Waals surface area contributed by atoms with Crippen LogP contribution in [0.25, 0.3) is 0 Å². The SMILES string of the molecule is CCC1CCC2(CC1)C(O)C(=O)N2c1ccc(OC)cc1. The summed E-state index contributed by atoms with van der Waals surface area (Å²) in [7, 11) is 1.63. The van der Waals surface area contributed by atoms with Crippen molar-refractivity contribution in [3.8, 4) is 5.75 Å². The van der Waals surface area contributed by atoms with Crippen LogP contribution in [0.3, 0.4) is 0 Å². The number of hydrogen-bond acceptors (Lipinski definition) is 3. The minimum Gasteiger partial charge on any atom is -0.497 e. The summed E-state index contributed by atoms with van der Waals surface area (Å²) in [4.78, 5) is 14.0. The molecule has 1 saturated carbocycles. The van der Waals surface area contributed by atoms with E-state index in [0.29, 0.717) is 0 Å². The minimum absolute atomic E-state index is 0.171. The Bertz CT molecular complexity index is 517. The lowest BCUT2D eigenvalue weighted by atomic mass is 9.66. The molecule has 1 aromatic rings. The van der Waals surface area contributed by atoms with Crippen LogP contribution < -0.4 is 9.64 Å². The normalized spacial score (nSPS) is 32.1. The first kappa shape index (κ1) is 14.4. The molecule has 2 fully saturated rings. The summed E-state index contributed by atoms with van der Waals surface area (Å²) in [5, 5.41) is 10.3. The van der Waals surface area contributed by atoms with E-state index in [2.05, 4.69) is 6.92 Å². The van der Waals surface area contributed by atoms with Gasteiger partial charge in [-0.1, -0.05) is 13.3 Å². The summed E-state index contributed by atoms with van der Waals surface area (Å²) in [6.07, 6.45) is 4.32. The largest absolute Gasteiger partial charge is 0.497 e. The molecule has 21 heavy (non-hydrogen) atoms. The first-order valence-electron chi connectivity index (χ1n) is 7.78. The molecule has 2 aliphatic rings. The van der Waals surface area contributed by atoms with Gasteiger partial charge < -0.3 is 14.7 Å². The number of ether oxygens (including phenoxy) is 1. The van der Waals surface area contributed by atoms with Gasteiger partial charge in [-0.3, -0.25) is 4.79 Å². The molecule has 1 atom stereocenters. The maximum absolute atomic E-state index is 12.2. The minimum atomic E-state index is -0.836. The highest BCUT2D eigenvalue weighted by Gasteiger charge is 2.60. The third-order valence-electron chi connectivity index (χ3n) is 5.29. The fourth-order valence-corrected chi connectivity index (χ4v) is 3.83. The fourth-order valence-electron chi connectivity index (χ4n) is 3.83. The average molecular weight is 289 g/mol. The van der Waals surface area contributed by atoms with Gasteiger partial charge in [-0.15, -0.1) is 0 Å². The van der Waals surface area contributed by atoms with Crippen molar-refractivity contribution in [3.63, 3.8) is 0 Å². The number of amides is 1. The summed E-state index contributed by atoms with van der Waals surface area (Å²) in [5.41, 5.74) is 0.484. The van der Waals surface area contributed by atoms with Gasteiger partial charge in [0.05, 0.1) is 12.6 Å². The van der Waals surface area contributed by atoms with Crippen molar-refractivity contribution in [1.29, 1.82) is 0 Å². The van der Waals surface area contributed by atoms with Crippen molar-refractivity contribution in [2.45, 2.75) is 50.7 Å². The van der Waals surface area contributed by atoms with Crippen molar-refractivity contribution >= 4 is 11.6 Å². The van der Waals surface area contributed by atoms with Crippen LogP contribution in [0, 0.1) is 5.92 Å². The lowest BCUT2D eigenvalue weighted by Gasteiger charge is -2.58. The molecule has 4 heteroatoms. The van der Waals surface area contributed by atoms with E-state index in [0.717, 1.165) is 43.0 Å². The highest BCUT2D eigenvalue weighted by atomic mass is 16.5. The Morgan fingerprint density at radius 2 is 1.90 bits per heavy atom. The number of anilines is 1. The Labute approximate surface area is 125 Å². The first-order valence-corrected chi connectivity index (χ1v) is 7.78. The van der Waals surface area contributed by atoms with Crippen LogP contribution in [0.15, 0.2) is 24.3 Å². The topological polar surface area (TPSA) is 49.8 Å². The maximum atomic E-state index is 12.2. The number of rotatable bonds is 3. The van der Waals surface area contributed by atoms with E-state index in [9.17, 15) is 9.90 Å². The smallest absolute Gasteiger partial charge is 0.258 e. The van der Waals surface area contributed by atoms with Gasteiger partial charge in [0.1, 0.15) is 5.75 Å². The van der Waals surface area contributed by atoms with E-state index in [4.69, 9.17) is 4.74 Å². The van der Waals surface area contributed by atoms with Gasteiger partial charge >= 0.3 is 0 Å². The van der Waals surface area contributed by atoms with Crippen molar-refractivity contribution in [1.82, 2.24) is 0 Å². The Kier molecular flexibility index (Phi) is 3.66. The van der Waals surface area contributed by atoms with E-state index >= 15 is 0 Å². The van der Waals surface area contributed by atoms with Crippen LogP contribution in [0.2, 0.25) is 0 Å². The molecule has 1 aromatic carbocycles. The third kappa shape index (κ3) is 2.13. The standard InChI is InChI=1S/C17H23NO3/c1-3-12-8-10-17(11-9-12)15(19)16(20)18(17)13-4-6-14(21-2)7-5-13/h4-7,12,15,19H,3,8-11H2,1-2H3. The van der Waals surface area contributed by atoms with Gasteiger partial charge in [0.2, 0.25) is 0 Å². The average Bonchev–Trinajstić information content (AvgIpc) is 2.55. The zero-order chi connectivity index (χ0) is 15.0. The highest BCUT2D eigenvalue weighted by Crippen LogP contribution is 2.48. The van der Waals surface area contributed by atoms with Crippen LogP contribution in [-0.4, -0.2) is 29.8 Å². The molecular weight excluding hydrogens is 266 g/mol. The predicted molar refractivity (Wildman–Crippen MR) is 81.5 cm³/mol. The molecule has 0 radical (unpaired) electrons. The molecule has 3 rings (SSSR count). The number of benzene rings is 1. The Balaban J connectivity index is 1.84. The number of carbonyl (C=O) groups excluding carboxylic acids is 1. The summed E-state index contributed by atoms with van der Waals surface area (Å²) in [6.45, 7) is 2.21. The summed E-state index contributed by atoms with van der Waals surface area (Å²) < 4.78 is 5.16. The zero-order valence-corrected chi connectivity index (χ0v) is 12.7. The van der Waals surface area contributed by atoms with Crippen LogP contribution in [0.4, 0.5) is 5.69 Å². The molecule has 1 aliphatic heterocycles. The monoisotopic (exact) mass is 289 g/mol. The first-order chi connectivity index (χ1) is 10.1. The van der Waals surface area contributed by atoms with Gasteiger partial charge in [0.15, 0.2) is 6.10 Å². The molecule has 1 spiro atoms. The molecule has 114 valence electrons. The number of methoxy groups -OCH3 is 1. The quantitative estimate of drug-likeness (QED) is 0.870. The van der Waals surface area contributed by atoms with Crippen LogP contribution in [-0.2, 0) is 4.79 Å². The van der Waals surface area contributed by atoms with Gasteiger partial charge in [-0.2, -0.15) is 0 Å². The highest BCUT2D eigenvalue weighted by molar-refractivity contribution is 6.06. The second-order valence-corrected chi connectivity index (χ2v) is 6.23. The van der Waals surface area contributed by atoms with E-state index in [1.165, 1.54) is 6.42 Å². The Morgan fingerprint density at radius 3 is 2.43 bits per heavy atom. The number of aliphatic hydroxyl groups excluding tert-OH is 1. The van der Waals surface area contributed by atoms with Gasteiger partial charge in [0, 0.05) is 5.69 Å². The molecule has 1 saturated heterocycles. The molecule has 4 nitrogen and oxygen atoms in total. The number of β-lactam (4-membered cyclic amide) rings is 1. The molecular formula is C17H23NO3. The summed E-state index contributed by atoms with van der Waals surface area (Å²) in [6, 6.07) is 7.52. The van der Waals surface area contributed by atoms with Crippen molar-refractivity contribution in [2.24, 2.45) is 5.92 Å². The maximum Gasteiger partial charge on any atom is 0.258 e. The third-order valence-corrected chi connectivity index (χ3v) is 5.29. The van der Waals surface area contributed by atoms with Crippen LogP contribution in [0.1, 0.15) is 39.0 Å². The lowest BCUT2D eigenvalue weighted by molar-refractivity contribution is -0.146. The molecule has 1 unspecified atom stereocenters. The van der Waals surface area contributed by atoms with Gasteiger partial charge in [-0.25, -0.2) is 0 Å². The summed E-state index contributed by atoms with van der Waals surface area (Å²) in [5.74, 6) is 1.34. The molecule has 0 bridgehead atoms. The summed E-state index contributed by atoms with van der Waals surface area (Å²) >= 11 is 0. The van der Waals surface area contributed by atoms with Gasteiger partial charge in [-0.05, 0) is 55.9 Å². The van der Waals surface area contributed by atoms with E-state index in [-0.39, 0.29) is 11.4 Å². The van der Waals surface area contributed by atoms with Crippen LogP contribution in [0.5, 0.6) is 5.75 Å². The Hall–Kier alpha value is -1.55. The molecule has 1 amide bonds. The number of nitrogens with zero attached hydrogens (tertiary/aromatic N) is 1. The van der Waals surface area contributed by atoms with E-state index in [1.807, 2.05) is 29.2 Å².